The van der Waals surface area contributed by atoms with Crippen LogP contribution in [0.2, 0.25) is 0 Å². The molecular formula is C14H22N2O2S. The third-order valence-corrected chi connectivity index (χ3v) is 5.01. The summed E-state index contributed by atoms with van der Waals surface area (Å²) in [5.41, 5.74) is 1.87. The first-order valence-electron chi connectivity index (χ1n) is 6.89. The van der Waals surface area contributed by atoms with Crippen LogP contribution in [0.15, 0.2) is 24.3 Å². The highest BCUT2D eigenvalue weighted by molar-refractivity contribution is 7.92. The second-order valence-corrected chi connectivity index (χ2v) is 6.89. The van der Waals surface area contributed by atoms with Crippen LogP contribution in [-0.2, 0) is 16.4 Å². The van der Waals surface area contributed by atoms with Crippen molar-refractivity contribution in [3.05, 3.63) is 29.8 Å². The van der Waals surface area contributed by atoms with Crippen molar-refractivity contribution in [2.24, 2.45) is 5.92 Å². The Labute approximate surface area is 115 Å². The summed E-state index contributed by atoms with van der Waals surface area (Å²) in [6.07, 6.45) is 2.84. The van der Waals surface area contributed by atoms with Crippen LogP contribution in [0.5, 0.6) is 0 Å². The van der Waals surface area contributed by atoms with Crippen molar-refractivity contribution in [2.75, 3.05) is 23.6 Å². The van der Waals surface area contributed by atoms with Crippen molar-refractivity contribution in [2.45, 2.75) is 26.2 Å². The van der Waals surface area contributed by atoms with Crippen molar-refractivity contribution in [3.63, 3.8) is 0 Å². The van der Waals surface area contributed by atoms with Gasteiger partial charge in [0, 0.05) is 5.69 Å². The van der Waals surface area contributed by atoms with Gasteiger partial charge < -0.3 is 5.32 Å². The molecular weight excluding hydrogens is 260 g/mol. The minimum Gasteiger partial charge on any atom is -0.317 e. The molecule has 4 nitrogen and oxygen atoms in total. The number of benzene rings is 1. The van der Waals surface area contributed by atoms with Crippen LogP contribution in [0.4, 0.5) is 5.69 Å². The molecule has 0 amide bonds. The fraction of sp³-hybridized carbons (Fsp3) is 0.571. The number of rotatable bonds is 5. The summed E-state index contributed by atoms with van der Waals surface area (Å²) in [6, 6.07) is 7.59. The van der Waals surface area contributed by atoms with E-state index >= 15 is 0 Å². The number of hydrogen-bond donors (Lipinski definition) is 2. The summed E-state index contributed by atoms with van der Waals surface area (Å²) >= 11 is 0. The number of aryl methyl sites for hydroxylation is 1. The average Bonchev–Trinajstić information content (AvgIpc) is 2.39. The number of nitrogens with one attached hydrogen (secondary N) is 2. The lowest BCUT2D eigenvalue weighted by molar-refractivity contribution is 0.402. The second kappa shape index (κ2) is 6.39. The molecule has 1 aliphatic heterocycles. The molecule has 1 aromatic rings. The Kier molecular flexibility index (Phi) is 4.82. The van der Waals surface area contributed by atoms with Gasteiger partial charge in [0.25, 0.3) is 0 Å². The summed E-state index contributed by atoms with van der Waals surface area (Å²) in [5, 5.41) is 3.25. The highest BCUT2D eigenvalue weighted by Crippen LogP contribution is 2.17. The van der Waals surface area contributed by atoms with Gasteiger partial charge in [0.15, 0.2) is 0 Å². The molecule has 1 aliphatic rings. The molecule has 19 heavy (non-hydrogen) atoms. The normalized spacial score (nSPS) is 17.3. The predicted molar refractivity (Wildman–Crippen MR) is 78.8 cm³/mol. The minimum atomic E-state index is -3.23. The maximum Gasteiger partial charge on any atom is 0.232 e. The van der Waals surface area contributed by atoms with Gasteiger partial charge in [-0.05, 0) is 56.0 Å². The van der Waals surface area contributed by atoms with Gasteiger partial charge in [-0.3, -0.25) is 4.72 Å². The van der Waals surface area contributed by atoms with Gasteiger partial charge in [-0.2, -0.15) is 0 Å². The van der Waals surface area contributed by atoms with E-state index in [9.17, 15) is 8.42 Å². The molecule has 0 aromatic heterocycles. The maximum atomic E-state index is 12.1. The quantitative estimate of drug-likeness (QED) is 0.868. The van der Waals surface area contributed by atoms with E-state index in [-0.39, 0.29) is 11.7 Å². The van der Waals surface area contributed by atoms with Crippen LogP contribution in [0.25, 0.3) is 0 Å². The molecule has 1 heterocycles. The third kappa shape index (κ3) is 4.51. The Morgan fingerprint density at radius 1 is 1.21 bits per heavy atom. The van der Waals surface area contributed by atoms with Gasteiger partial charge in [0.1, 0.15) is 0 Å². The fourth-order valence-corrected chi connectivity index (χ4v) is 3.92. The first-order valence-corrected chi connectivity index (χ1v) is 8.54. The molecule has 2 rings (SSSR count). The van der Waals surface area contributed by atoms with E-state index in [1.54, 1.807) is 0 Å². The predicted octanol–water partition coefficient (Wildman–Crippen LogP) is 1.99. The Morgan fingerprint density at radius 2 is 1.84 bits per heavy atom. The van der Waals surface area contributed by atoms with Crippen molar-refractivity contribution < 1.29 is 8.42 Å². The zero-order chi connectivity index (χ0) is 13.7. The summed E-state index contributed by atoms with van der Waals surface area (Å²) in [4.78, 5) is 0. The zero-order valence-corrected chi connectivity index (χ0v) is 12.2. The first-order chi connectivity index (χ1) is 9.09. The van der Waals surface area contributed by atoms with Crippen LogP contribution >= 0.6 is 0 Å². The largest absolute Gasteiger partial charge is 0.317 e. The van der Waals surface area contributed by atoms with Crippen LogP contribution in [0.3, 0.4) is 0 Å². The van der Waals surface area contributed by atoms with Crippen molar-refractivity contribution >= 4 is 15.7 Å². The lowest BCUT2D eigenvalue weighted by atomic mass is 10.0. The topological polar surface area (TPSA) is 58.2 Å². The average molecular weight is 282 g/mol. The summed E-state index contributed by atoms with van der Waals surface area (Å²) < 4.78 is 26.9. The Morgan fingerprint density at radius 3 is 2.42 bits per heavy atom. The molecule has 106 valence electrons. The lowest BCUT2D eigenvalue weighted by Crippen LogP contribution is -2.33. The van der Waals surface area contributed by atoms with E-state index in [1.165, 1.54) is 5.56 Å². The number of hydrogen-bond acceptors (Lipinski definition) is 3. The van der Waals surface area contributed by atoms with Crippen LogP contribution in [-0.4, -0.2) is 27.3 Å². The Hall–Kier alpha value is -1.07. The highest BCUT2D eigenvalue weighted by atomic mass is 32.2. The molecule has 0 radical (unpaired) electrons. The monoisotopic (exact) mass is 282 g/mol. The van der Waals surface area contributed by atoms with Gasteiger partial charge >= 0.3 is 0 Å². The van der Waals surface area contributed by atoms with Crippen LogP contribution < -0.4 is 10.0 Å². The molecule has 0 atom stereocenters. The molecule has 0 aliphatic carbocycles. The fourth-order valence-electron chi connectivity index (χ4n) is 2.39. The van der Waals surface area contributed by atoms with E-state index in [1.807, 2.05) is 24.3 Å². The lowest BCUT2D eigenvalue weighted by Gasteiger charge is -2.22. The van der Waals surface area contributed by atoms with E-state index in [0.717, 1.165) is 32.4 Å². The highest BCUT2D eigenvalue weighted by Gasteiger charge is 2.21. The van der Waals surface area contributed by atoms with Crippen molar-refractivity contribution in [1.29, 1.82) is 0 Å². The van der Waals surface area contributed by atoms with Crippen LogP contribution in [0, 0.1) is 5.92 Å². The molecule has 0 unspecified atom stereocenters. The molecule has 1 aromatic carbocycles. The van der Waals surface area contributed by atoms with Gasteiger partial charge in [0.2, 0.25) is 10.0 Å². The minimum absolute atomic E-state index is 0.226. The van der Waals surface area contributed by atoms with Crippen LogP contribution in [0.1, 0.15) is 25.3 Å². The van der Waals surface area contributed by atoms with E-state index < -0.39 is 10.0 Å². The van der Waals surface area contributed by atoms with Gasteiger partial charge in [-0.25, -0.2) is 8.42 Å². The zero-order valence-electron chi connectivity index (χ0n) is 11.4. The number of anilines is 1. The second-order valence-electron chi connectivity index (χ2n) is 5.13. The van der Waals surface area contributed by atoms with Gasteiger partial charge in [0.05, 0.1) is 5.75 Å². The van der Waals surface area contributed by atoms with Crippen molar-refractivity contribution in [1.82, 2.24) is 5.32 Å². The Balaban J connectivity index is 1.95. The van der Waals surface area contributed by atoms with Gasteiger partial charge in [-0.15, -0.1) is 0 Å². The number of piperidine rings is 1. The molecule has 1 saturated heterocycles. The molecule has 1 fully saturated rings. The molecule has 0 bridgehead atoms. The van der Waals surface area contributed by atoms with E-state index in [4.69, 9.17) is 0 Å². The standard InChI is InChI=1S/C14H22N2O2S/c1-2-12-3-5-14(6-4-12)16-19(17,18)11-13-7-9-15-10-8-13/h3-6,13,15-16H,2,7-11H2,1H3. The van der Waals surface area contributed by atoms with E-state index in [0.29, 0.717) is 5.69 Å². The molecule has 5 heteroatoms. The molecule has 2 N–H and O–H groups in total. The van der Waals surface area contributed by atoms with Crippen molar-refractivity contribution in [3.8, 4) is 0 Å². The molecule has 0 spiro atoms. The molecule has 0 saturated carbocycles. The van der Waals surface area contributed by atoms with E-state index in [2.05, 4.69) is 17.0 Å². The SMILES string of the molecule is CCc1ccc(NS(=O)(=O)CC2CCNCC2)cc1. The summed E-state index contributed by atoms with van der Waals surface area (Å²) in [5.74, 6) is 0.498. The third-order valence-electron chi connectivity index (χ3n) is 3.55. The van der Waals surface area contributed by atoms with Gasteiger partial charge in [-0.1, -0.05) is 19.1 Å². The Bertz CT molecular complexity index is 491. The summed E-state index contributed by atoms with van der Waals surface area (Å²) in [7, 11) is -3.23. The maximum absolute atomic E-state index is 12.1. The number of sulfonamides is 1. The first kappa shape index (κ1) is 14.3. The summed E-state index contributed by atoms with van der Waals surface area (Å²) in [6.45, 7) is 3.92. The smallest absolute Gasteiger partial charge is 0.232 e.